The van der Waals surface area contributed by atoms with E-state index in [1.54, 1.807) is 43.0 Å². The molecule has 0 bridgehead atoms. The Morgan fingerprint density at radius 2 is 1.77 bits per heavy atom. The third-order valence-corrected chi connectivity index (χ3v) is 6.05. The monoisotopic (exact) mass is 426 g/mol. The molecule has 1 N–H and O–H groups in total. The molecule has 7 heteroatoms. The number of nitrogens with zero attached hydrogens (tertiary/aromatic N) is 1. The topological polar surface area (TPSA) is 67.9 Å². The molecule has 6 nitrogen and oxygen atoms in total. The number of hydrogen-bond donors (Lipinski definition) is 1. The van der Waals surface area contributed by atoms with Gasteiger partial charge < -0.3 is 19.7 Å². The summed E-state index contributed by atoms with van der Waals surface area (Å²) in [4.78, 5) is 27.2. The molecular formula is C23H26N2O4S. The van der Waals surface area contributed by atoms with Crippen molar-refractivity contribution < 1.29 is 19.1 Å². The number of benzene rings is 2. The van der Waals surface area contributed by atoms with Crippen LogP contribution in [-0.2, 0) is 9.59 Å². The quantitative estimate of drug-likeness (QED) is 0.710. The lowest BCUT2D eigenvalue weighted by atomic mass is 10.1. The van der Waals surface area contributed by atoms with Gasteiger partial charge in [0.2, 0.25) is 11.8 Å². The van der Waals surface area contributed by atoms with E-state index in [1.165, 1.54) is 11.6 Å². The van der Waals surface area contributed by atoms with E-state index < -0.39 is 6.04 Å². The van der Waals surface area contributed by atoms with Crippen molar-refractivity contribution in [1.29, 1.82) is 0 Å². The van der Waals surface area contributed by atoms with E-state index in [0.717, 1.165) is 16.8 Å². The van der Waals surface area contributed by atoms with Crippen LogP contribution in [0.25, 0.3) is 6.08 Å². The SMILES string of the molecule is COc1cc(/C=C/C(=O)N2CSCC2C(=O)Nc2ccc(C)c(C)c2)cc(OC)c1. The van der Waals surface area contributed by atoms with Crippen LogP contribution < -0.4 is 14.8 Å². The van der Waals surface area contributed by atoms with Crippen LogP contribution in [0.4, 0.5) is 5.69 Å². The second-order valence-electron chi connectivity index (χ2n) is 7.09. The van der Waals surface area contributed by atoms with Crippen molar-refractivity contribution in [1.82, 2.24) is 4.90 Å². The van der Waals surface area contributed by atoms with E-state index in [4.69, 9.17) is 9.47 Å². The molecule has 0 radical (unpaired) electrons. The summed E-state index contributed by atoms with van der Waals surface area (Å²) in [6, 6.07) is 10.7. The number of amides is 2. The molecule has 0 aromatic heterocycles. The van der Waals surface area contributed by atoms with Crippen molar-refractivity contribution >= 4 is 35.3 Å². The molecule has 2 aromatic carbocycles. The molecule has 0 aliphatic carbocycles. The van der Waals surface area contributed by atoms with Gasteiger partial charge >= 0.3 is 0 Å². The number of aryl methyl sites for hydroxylation is 2. The van der Waals surface area contributed by atoms with Gasteiger partial charge in [0.05, 0.1) is 20.1 Å². The van der Waals surface area contributed by atoms with Gasteiger partial charge in [0.25, 0.3) is 0 Å². The minimum absolute atomic E-state index is 0.173. The van der Waals surface area contributed by atoms with E-state index in [-0.39, 0.29) is 11.8 Å². The normalized spacial score (nSPS) is 16.0. The van der Waals surface area contributed by atoms with E-state index in [1.807, 2.05) is 44.2 Å². The average Bonchev–Trinajstić information content (AvgIpc) is 3.24. The summed E-state index contributed by atoms with van der Waals surface area (Å²) in [5, 5.41) is 2.94. The molecule has 158 valence electrons. The van der Waals surface area contributed by atoms with Gasteiger partial charge in [-0.15, -0.1) is 11.8 Å². The second-order valence-corrected chi connectivity index (χ2v) is 8.09. The molecule has 30 heavy (non-hydrogen) atoms. The fourth-order valence-electron chi connectivity index (χ4n) is 3.11. The molecule has 3 rings (SSSR count). The highest BCUT2D eigenvalue weighted by Crippen LogP contribution is 2.25. The lowest BCUT2D eigenvalue weighted by molar-refractivity contribution is -0.132. The van der Waals surface area contributed by atoms with Gasteiger partial charge in [-0.05, 0) is 60.9 Å². The Morgan fingerprint density at radius 3 is 2.40 bits per heavy atom. The Bertz CT molecular complexity index is 951. The van der Waals surface area contributed by atoms with E-state index >= 15 is 0 Å². The van der Waals surface area contributed by atoms with Gasteiger partial charge in [0, 0.05) is 23.6 Å². The number of hydrogen-bond acceptors (Lipinski definition) is 5. The number of carbonyl (C=O) groups is 2. The van der Waals surface area contributed by atoms with Crippen LogP contribution in [0.15, 0.2) is 42.5 Å². The summed E-state index contributed by atoms with van der Waals surface area (Å²) in [7, 11) is 3.15. The highest BCUT2D eigenvalue weighted by atomic mass is 32.2. The minimum Gasteiger partial charge on any atom is -0.497 e. The molecule has 2 aromatic rings. The first-order valence-electron chi connectivity index (χ1n) is 9.59. The van der Waals surface area contributed by atoms with Gasteiger partial charge in [0.1, 0.15) is 17.5 Å². The second kappa shape index (κ2) is 9.71. The lowest BCUT2D eigenvalue weighted by Crippen LogP contribution is -2.43. The number of carbonyl (C=O) groups excluding carboxylic acids is 2. The van der Waals surface area contributed by atoms with Crippen LogP contribution >= 0.6 is 11.8 Å². The van der Waals surface area contributed by atoms with Gasteiger partial charge in [0.15, 0.2) is 0 Å². The fourth-order valence-corrected chi connectivity index (χ4v) is 4.27. The molecule has 0 saturated carbocycles. The predicted octanol–water partition coefficient (Wildman–Crippen LogP) is 3.87. The van der Waals surface area contributed by atoms with Crippen molar-refractivity contribution in [3.63, 3.8) is 0 Å². The largest absolute Gasteiger partial charge is 0.497 e. The lowest BCUT2D eigenvalue weighted by Gasteiger charge is -2.22. The molecule has 1 unspecified atom stereocenters. The van der Waals surface area contributed by atoms with E-state index in [2.05, 4.69) is 5.32 Å². The molecule has 1 saturated heterocycles. The minimum atomic E-state index is -0.506. The van der Waals surface area contributed by atoms with Crippen molar-refractivity contribution in [2.45, 2.75) is 19.9 Å². The van der Waals surface area contributed by atoms with Crippen molar-refractivity contribution in [3.05, 3.63) is 59.2 Å². The number of rotatable bonds is 6. The third kappa shape index (κ3) is 5.16. The van der Waals surface area contributed by atoms with Gasteiger partial charge in [-0.1, -0.05) is 6.07 Å². The Balaban J connectivity index is 1.70. The van der Waals surface area contributed by atoms with Gasteiger partial charge in [-0.3, -0.25) is 9.59 Å². The number of thioether (sulfide) groups is 1. The smallest absolute Gasteiger partial charge is 0.248 e. The number of ether oxygens (including phenoxy) is 2. The molecule has 2 amide bonds. The summed E-state index contributed by atoms with van der Waals surface area (Å²) in [5.41, 5.74) is 3.80. The van der Waals surface area contributed by atoms with Crippen LogP contribution in [0.5, 0.6) is 11.5 Å². The summed E-state index contributed by atoms with van der Waals surface area (Å²) in [6.07, 6.45) is 3.19. The Labute approximate surface area is 181 Å². The fraction of sp³-hybridized carbons (Fsp3) is 0.304. The molecule has 1 aliphatic heterocycles. The standard InChI is InChI=1S/C23H26N2O4S/c1-15-5-7-18(9-16(15)2)24-23(27)21-13-30-14-25(21)22(26)8-6-17-10-19(28-3)12-20(11-17)29-4/h5-12,21H,13-14H2,1-4H3,(H,24,27)/b8-6+. The molecule has 1 fully saturated rings. The number of methoxy groups -OCH3 is 2. The van der Waals surface area contributed by atoms with E-state index in [9.17, 15) is 9.59 Å². The van der Waals surface area contributed by atoms with Crippen LogP contribution in [0, 0.1) is 13.8 Å². The maximum atomic E-state index is 12.8. The molecule has 1 heterocycles. The Hall–Kier alpha value is -2.93. The van der Waals surface area contributed by atoms with Crippen LogP contribution in [-0.4, -0.2) is 48.6 Å². The summed E-state index contributed by atoms with van der Waals surface area (Å²) in [5.74, 6) is 1.96. The van der Waals surface area contributed by atoms with Crippen molar-refractivity contribution in [2.75, 3.05) is 31.2 Å². The van der Waals surface area contributed by atoms with Gasteiger partial charge in [-0.25, -0.2) is 0 Å². The van der Waals surface area contributed by atoms with Crippen molar-refractivity contribution in [2.24, 2.45) is 0 Å². The summed E-state index contributed by atoms with van der Waals surface area (Å²) < 4.78 is 10.5. The van der Waals surface area contributed by atoms with Crippen molar-refractivity contribution in [3.8, 4) is 11.5 Å². The zero-order valence-electron chi connectivity index (χ0n) is 17.6. The number of anilines is 1. The van der Waals surface area contributed by atoms with Crippen LogP contribution in [0.3, 0.4) is 0 Å². The van der Waals surface area contributed by atoms with E-state index in [0.29, 0.717) is 23.1 Å². The molecular weight excluding hydrogens is 400 g/mol. The zero-order valence-corrected chi connectivity index (χ0v) is 18.4. The maximum Gasteiger partial charge on any atom is 0.248 e. The Kier molecular flexibility index (Phi) is 7.05. The highest BCUT2D eigenvalue weighted by molar-refractivity contribution is 7.99. The third-order valence-electron chi connectivity index (χ3n) is 5.03. The first-order chi connectivity index (χ1) is 14.4. The predicted molar refractivity (Wildman–Crippen MR) is 121 cm³/mol. The first kappa shape index (κ1) is 21.8. The average molecular weight is 427 g/mol. The zero-order chi connectivity index (χ0) is 21.7. The van der Waals surface area contributed by atoms with Crippen LogP contribution in [0.1, 0.15) is 16.7 Å². The summed E-state index contributed by atoms with van der Waals surface area (Å²) in [6.45, 7) is 4.03. The summed E-state index contributed by atoms with van der Waals surface area (Å²) >= 11 is 1.57. The van der Waals surface area contributed by atoms with Crippen LogP contribution in [0.2, 0.25) is 0 Å². The highest BCUT2D eigenvalue weighted by Gasteiger charge is 2.33. The van der Waals surface area contributed by atoms with Gasteiger partial charge in [-0.2, -0.15) is 0 Å². The molecule has 0 spiro atoms. The molecule has 1 atom stereocenters. The number of nitrogens with one attached hydrogen (secondary N) is 1. The maximum absolute atomic E-state index is 12.8. The first-order valence-corrected chi connectivity index (χ1v) is 10.7. The Morgan fingerprint density at radius 1 is 1.07 bits per heavy atom. The molecule has 1 aliphatic rings.